The van der Waals surface area contributed by atoms with Crippen molar-refractivity contribution in [2.45, 2.75) is 64.1 Å². The Kier molecular flexibility index (Phi) is 2.95. The predicted octanol–water partition coefficient (Wildman–Crippen LogP) is 1.43. The summed E-state index contributed by atoms with van der Waals surface area (Å²) < 4.78 is 5.74. The van der Waals surface area contributed by atoms with Gasteiger partial charge in [0.15, 0.2) is 0 Å². The summed E-state index contributed by atoms with van der Waals surface area (Å²) in [4.78, 5) is 12.7. The van der Waals surface area contributed by atoms with Crippen LogP contribution in [0.4, 0.5) is 0 Å². The fourth-order valence-electron chi connectivity index (χ4n) is 4.49. The van der Waals surface area contributed by atoms with Crippen LogP contribution in [-0.2, 0) is 9.53 Å². The molecule has 1 amide bonds. The largest absolute Gasteiger partial charge is 0.377 e. The first-order valence-corrected chi connectivity index (χ1v) is 7.59. The predicted molar refractivity (Wildman–Crippen MR) is 73.5 cm³/mol. The Morgan fingerprint density at radius 2 is 2.05 bits per heavy atom. The number of nitrogens with two attached hydrogens (primary N) is 1. The minimum absolute atomic E-state index is 0.0448. The minimum atomic E-state index is -0.750. The highest BCUT2D eigenvalue weighted by molar-refractivity contribution is 5.89. The quantitative estimate of drug-likeness (QED) is 0.795. The molecule has 2 aliphatic carbocycles. The van der Waals surface area contributed by atoms with Gasteiger partial charge < -0.3 is 15.8 Å². The molecule has 2 saturated carbocycles. The van der Waals surface area contributed by atoms with E-state index in [0.717, 1.165) is 31.8 Å². The van der Waals surface area contributed by atoms with Crippen LogP contribution in [0, 0.1) is 17.3 Å². The number of fused-ring (bicyclic) bond motifs is 1. The van der Waals surface area contributed by atoms with Crippen LogP contribution in [-0.4, -0.2) is 30.2 Å². The van der Waals surface area contributed by atoms with Gasteiger partial charge in [0.2, 0.25) is 5.91 Å². The fraction of sp³-hybridized carbons (Fsp3) is 0.933. The lowest BCUT2D eigenvalue weighted by molar-refractivity contribution is -0.175. The number of nitrogens with one attached hydrogen (secondary N) is 1. The molecule has 4 heteroatoms. The molecule has 3 fully saturated rings. The molecular weight excluding hydrogens is 240 g/mol. The number of carbonyl (C=O) groups excluding carboxylic acids is 1. The number of amides is 1. The molecular formula is C15H26N2O2. The van der Waals surface area contributed by atoms with Crippen LogP contribution in [0.3, 0.4) is 0 Å². The molecule has 1 saturated heterocycles. The highest BCUT2D eigenvalue weighted by Crippen LogP contribution is 2.58. The van der Waals surface area contributed by atoms with Gasteiger partial charge in [-0.1, -0.05) is 20.8 Å². The molecule has 5 unspecified atom stereocenters. The van der Waals surface area contributed by atoms with Crippen LogP contribution in [0.15, 0.2) is 0 Å². The summed E-state index contributed by atoms with van der Waals surface area (Å²) in [7, 11) is 0. The van der Waals surface area contributed by atoms with E-state index in [1.807, 2.05) is 0 Å². The standard InChI is InChI=1S/C15H26N2O2/c1-9-4-5-10(8-9)17-13(18)15(16)11-6-7-19-12(11)14(15,2)3/h9-12H,4-8,16H2,1-3H3,(H,17,18). The van der Waals surface area contributed by atoms with Crippen molar-refractivity contribution in [2.75, 3.05) is 6.61 Å². The normalized spacial score (nSPS) is 47.6. The third kappa shape index (κ3) is 1.69. The first-order valence-electron chi connectivity index (χ1n) is 7.59. The van der Waals surface area contributed by atoms with E-state index in [1.165, 1.54) is 6.42 Å². The van der Waals surface area contributed by atoms with Crippen molar-refractivity contribution in [3.63, 3.8) is 0 Å². The first kappa shape index (κ1) is 13.4. The van der Waals surface area contributed by atoms with Crippen LogP contribution in [0.2, 0.25) is 0 Å². The Morgan fingerprint density at radius 1 is 1.32 bits per heavy atom. The Hall–Kier alpha value is -0.610. The van der Waals surface area contributed by atoms with Gasteiger partial charge in [-0.3, -0.25) is 4.79 Å². The maximum Gasteiger partial charge on any atom is 0.241 e. The molecule has 1 aliphatic heterocycles. The molecule has 3 N–H and O–H groups in total. The second-order valence-electron chi connectivity index (χ2n) is 7.37. The molecule has 0 spiro atoms. The lowest BCUT2D eigenvalue weighted by Gasteiger charge is -2.60. The van der Waals surface area contributed by atoms with Crippen molar-refractivity contribution in [2.24, 2.45) is 23.0 Å². The second kappa shape index (κ2) is 4.19. The fourth-order valence-corrected chi connectivity index (χ4v) is 4.49. The van der Waals surface area contributed by atoms with E-state index >= 15 is 0 Å². The van der Waals surface area contributed by atoms with Crippen molar-refractivity contribution in [3.8, 4) is 0 Å². The summed E-state index contributed by atoms with van der Waals surface area (Å²) in [5.41, 5.74) is 5.52. The molecule has 4 nitrogen and oxygen atoms in total. The average Bonchev–Trinajstić information content (AvgIpc) is 2.96. The highest BCUT2D eigenvalue weighted by Gasteiger charge is 2.71. The molecule has 19 heavy (non-hydrogen) atoms. The SMILES string of the molecule is CC1CCC(NC(=O)C2(N)C3CCOC3C2(C)C)C1. The van der Waals surface area contributed by atoms with Crippen molar-refractivity contribution >= 4 is 5.91 Å². The van der Waals surface area contributed by atoms with E-state index in [1.54, 1.807) is 0 Å². The molecule has 108 valence electrons. The maximum atomic E-state index is 12.7. The summed E-state index contributed by atoms with van der Waals surface area (Å²) in [6.07, 6.45) is 4.46. The maximum absolute atomic E-state index is 12.7. The Bertz CT molecular complexity index is 396. The monoisotopic (exact) mass is 266 g/mol. The van der Waals surface area contributed by atoms with Gasteiger partial charge in [0.1, 0.15) is 5.54 Å². The van der Waals surface area contributed by atoms with E-state index in [0.29, 0.717) is 6.04 Å². The van der Waals surface area contributed by atoms with E-state index in [2.05, 4.69) is 26.1 Å². The lowest BCUT2D eigenvalue weighted by Crippen LogP contribution is -2.80. The first-order chi connectivity index (χ1) is 8.87. The molecule has 3 aliphatic rings. The van der Waals surface area contributed by atoms with Crippen LogP contribution < -0.4 is 11.1 Å². The number of hydrogen-bond acceptors (Lipinski definition) is 3. The zero-order chi connectivity index (χ0) is 13.8. The summed E-state index contributed by atoms with van der Waals surface area (Å²) in [6, 6.07) is 0.320. The number of hydrogen-bond donors (Lipinski definition) is 2. The molecule has 0 aromatic rings. The zero-order valence-corrected chi connectivity index (χ0v) is 12.2. The molecule has 3 rings (SSSR count). The second-order valence-corrected chi connectivity index (χ2v) is 7.37. The van der Waals surface area contributed by atoms with E-state index in [-0.39, 0.29) is 23.3 Å². The number of ether oxygens (including phenoxy) is 1. The van der Waals surface area contributed by atoms with Gasteiger partial charge in [-0.15, -0.1) is 0 Å². The lowest BCUT2D eigenvalue weighted by atomic mass is 9.48. The van der Waals surface area contributed by atoms with Gasteiger partial charge in [-0.2, -0.15) is 0 Å². The van der Waals surface area contributed by atoms with Crippen molar-refractivity contribution in [1.82, 2.24) is 5.32 Å². The van der Waals surface area contributed by atoms with Gasteiger partial charge >= 0.3 is 0 Å². The van der Waals surface area contributed by atoms with Gasteiger partial charge in [-0.05, 0) is 31.6 Å². The number of rotatable bonds is 2. The van der Waals surface area contributed by atoms with E-state index < -0.39 is 5.54 Å². The average molecular weight is 266 g/mol. The minimum Gasteiger partial charge on any atom is -0.377 e. The summed E-state index contributed by atoms with van der Waals surface area (Å²) >= 11 is 0. The molecule has 0 aromatic carbocycles. The topological polar surface area (TPSA) is 64.4 Å². The van der Waals surface area contributed by atoms with Crippen molar-refractivity contribution < 1.29 is 9.53 Å². The van der Waals surface area contributed by atoms with E-state index in [9.17, 15) is 4.79 Å². The van der Waals surface area contributed by atoms with Crippen LogP contribution in [0.1, 0.15) is 46.5 Å². The summed E-state index contributed by atoms with van der Waals surface area (Å²) in [5.74, 6) is 0.959. The highest BCUT2D eigenvalue weighted by atomic mass is 16.5. The molecule has 1 heterocycles. The zero-order valence-electron chi connectivity index (χ0n) is 12.2. The van der Waals surface area contributed by atoms with Gasteiger partial charge in [0.25, 0.3) is 0 Å². The summed E-state index contributed by atoms with van der Waals surface area (Å²) in [5, 5.41) is 3.20. The van der Waals surface area contributed by atoms with Gasteiger partial charge in [-0.25, -0.2) is 0 Å². The van der Waals surface area contributed by atoms with Crippen LogP contribution in [0.5, 0.6) is 0 Å². The van der Waals surface area contributed by atoms with Crippen molar-refractivity contribution in [1.29, 1.82) is 0 Å². The van der Waals surface area contributed by atoms with Crippen LogP contribution in [0.25, 0.3) is 0 Å². The van der Waals surface area contributed by atoms with Gasteiger partial charge in [0.05, 0.1) is 6.10 Å². The Balaban J connectivity index is 1.72. The van der Waals surface area contributed by atoms with Crippen LogP contribution >= 0.6 is 0 Å². The smallest absolute Gasteiger partial charge is 0.241 e. The van der Waals surface area contributed by atoms with Gasteiger partial charge in [0, 0.05) is 24.0 Å². The summed E-state index contributed by atoms with van der Waals surface area (Å²) in [6.45, 7) is 7.12. The number of carbonyl (C=O) groups is 1. The molecule has 0 bridgehead atoms. The molecule has 0 aromatic heterocycles. The third-order valence-corrected chi connectivity index (χ3v) is 5.86. The van der Waals surface area contributed by atoms with Crippen molar-refractivity contribution in [3.05, 3.63) is 0 Å². The Morgan fingerprint density at radius 3 is 2.68 bits per heavy atom. The Labute approximate surface area is 115 Å². The van der Waals surface area contributed by atoms with E-state index in [4.69, 9.17) is 10.5 Å². The molecule has 0 radical (unpaired) electrons. The molecule has 5 atom stereocenters. The third-order valence-electron chi connectivity index (χ3n) is 5.86.